The van der Waals surface area contributed by atoms with Crippen LogP contribution in [0.2, 0.25) is 0 Å². The molecule has 3 aromatic rings. The predicted octanol–water partition coefficient (Wildman–Crippen LogP) is 3.22. The first-order chi connectivity index (χ1) is 11.6. The van der Waals surface area contributed by atoms with Crippen molar-refractivity contribution >= 4 is 5.78 Å². The van der Waals surface area contributed by atoms with Gasteiger partial charge in [-0.05, 0) is 39.0 Å². The number of aromatic nitrogens is 3. The van der Waals surface area contributed by atoms with Crippen LogP contribution in [0.3, 0.4) is 0 Å². The van der Waals surface area contributed by atoms with Gasteiger partial charge in [-0.25, -0.2) is 0 Å². The molecule has 0 aliphatic heterocycles. The summed E-state index contributed by atoms with van der Waals surface area (Å²) in [5.41, 5.74) is 2.62. The molecule has 0 aliphatic rings. The Bertz CT molecular complexity index is 828. The Morgan fingerprint density at radius 3 is 2.88 bits per heavy atom. The Hall–Kier alpha value is -2.76. The topological polar surface area (TPSA) is 62.2 Å². The maximum atomic E-state index is 12.5. The lowest BCUT2D eigenvalue weighted by molar-refractivity contribution is 0.0920. The van der Waals surface area contributed by atoms with Gasteiger partial charge in [0, 0.05) is 23.5 Å². The van der Waals surface area contributed by atoms with Crippen LogP contribution in [0.25, 0.3) is 0 Å². The van der Waals surface area contributed by atoms with Crippen LogP contribution in [-0.4, -0.2) is 26.7 Å². The van der Waals surface area contributed by atoms with Gasteiger partial charge in [-0.1, -0.05) is 0 Å². The number of rotatable bonds is 7. The van der Waals surface area contributed by atoms with E-state index in [1.165, 1.54) is 0 Å². The van der Waals surface area contributed by atoms with Crippen molar-refractivity contribution in [3.63, 3.8) is 0 Å². The number of carbonyl (C=O) groups is 1. The number of carbonyl (C=O) groups excluding carboxylic acids is 1. The fourth-order valence-electron chi connectivity index (χ4n) is 2.70. The normalized spacial score (nSPS) is 11.0. The average Bonchev–Trinajstić information content (AvgIpc) is 3.30. The number of ketones is 1. The summed E-state index contributed by atoms with van der Waals surface area (Å²) in [5, 5.41) is 4.13. The smallest absolute Gasteiger partial charge is 0.202 e. The van der Waals surface area contributed by atoms with E-state index in [0.29, 0.717) is 17.9 Å². The SMILES string of the molecule is CCn1cc(OCC(=O)c2cc(C)n(Cc3ccco3)c2C)cn1. The van der Waals surface area contributed by atoms with Crippen molar-refractivity contribution in [3.05, 3.63) is 59.6 Å². The van der Waals surface area contributed by atoms with E-state index in [4.69, 9.17) is 9.15 Å². The summed E-state index contributed by atoms with van der Waals surface area (Å²) >= 11 is 0. The molecule has 0 aliphatic carbocycles. The highest BCUT2D eigenvalue weighted by Gasteiger charge is 2.17. The lowest BCUT2D eigenvalue weighted by Crippen LogP contribution is -2.13. The second kappa shape index (κ2) is 6.78. The van der Waals surface area contributed by atoms with Crippen molar-refractivity contribution in [2.75, 3.05) is 6.61 Å². The van der Waals surface area contributed by atoms with Crippen LogP contribution in [0.4, 0.5) is 0 Å². The first-order valence-corrected chi connectivity index (χ1v) is 7.96. The molecular formula is C18H21N3O3. The third-order valence-corrected chi connectivity index (χ3v) is 4.07. The summed E-state index contributed by atoms with van der Waals surface area (Å²) in [6.45, 7) is 7.31. The highest BCUT2D eigenvalue weighted by molar-refractivity contribution is 5.98. The summed E-state index contributed by atoms with van der Waals surface area (Å²) in [6.07, 6.45) is 5.06. The van der Waals surface area contributed by atoms with Gasteiger partial charge >= 0.3 is 0 Å². The minimum atomic E-state index is -0.0435. The molecule has 0 N–H and O–H groups in total. The van der Waals surface area contributed by atoms with Gasteiger partial charge in [-0.2, -0.15) is 5.10 Å². The molecule has 0 amide bonds. The van der Waals surface area contributed by atoms with Crippen LogP contribution in [0, 0.1) is 13.8 Å². The fourth-order valence-corrected chi connectivity index (χ4v) is 2.70. The molecule has 126 valence electrons. The molecule has 0 saturated heterocycles. The quantitative estimate of drug-likeness (QED) is 0.625. The summed E-state index contributed by atoms with van der Waals surface area (Å²) in [5.74, 6) is 1.42. The lowest BCUT2D eigenvalue weighted by Gasteiger charge is -2.08. The molecule has 3 rings (SSSR count). The van der Waals surface area contributed by atoms with Crippen molar-refractivity contribution in [2.45, 2.75) is 33.9 Å². The Morgan fingerprint density at radius 2 is 2.21 bits per heavy atom. The van der Waals surface area contributed by atoms with Crippen molar-refractivity contribution in [1.82, 2.24) is 14.3 Å². The average molecular weight is 327 g/mol. The third kappa shape index (κ3) is 3.27. The van der Waals surface area contributed by atoms with Gasteiger partial charge in [0.1, 0.15) is 5.76 Å². The standard InChI is InChI=1S/C18H21N3O3/c1-4-20-10-16(9-19-20)24-12-18(22)17-8-13(2)21(14(17)3)11-15-6-5-7-23-15/h5-10H,4,11-12H2,1-3H3. The highest BCUT2D eigenvalue weighted by atomic mass is 16.5. The highest BCUT2D eigenvalue weighted by Crippen LogP contribution is 2.18. The molecule has 3 aromatic heterocycles. The molecule has 3 heterocycles. The molecule has 6 nitrogen and oxygen atoms in total. The maximum absolute atomic E-state index is 12.5. The minimum Gasteiger partial charge on any atom is -0.482 e. The number of hydrogen-bond acceptors (Lipinski definition) is 4. The van der Waals surface area contributed by atoms with Gasteiger partial charge in [0.2, 0.25) is 5.78 Å². The van der Waals surface area contributed by atoms with Crippen LogP contribution >= 0.6 is 0 Å². The zero-order valence-corrected chi connectivity index (χ0v) is 14.2. The van der Waals surface area contributed by atoms with Crippen molar-refractivity contribution < 1.29 is 13.9 Å². The molecule has 0 saturated carbocycles. The van der Waals surface area contributed by atoms with Crippen molar-refractivity contribution in [2.24, 2.45) is 0 Å². The first kappa shape index (κ1) is 16.1. The maximum Gasteiger partial charge on any atom is 0.202 e. The van der Waals surface area contributed by atoms with Gasteiger partial charge in [-0.15, -0.1) is 0 Å². The molecule has 0 radical (unpaired) electrons. The zero-order chi connectivity index (χ0) is 17.1. The van der Waals surface area contributed by atoms with E-state index in [9.17, 15) is 4.79 Å². The Labute approximate surface area is 140 Å². The number of aryl methyl sites for hydroxylation is 2. The van der Waals surface area contributed by atoms with E-state index in [2.05, 4.69) is 9.67 Å². The summed E-state index contributed by atoms with van der Waals surface area (Å²) < 4.78 is 14.8. The van der Waals surface area contributed by atoms with E-state index in [0.717, 1.165) is 23.7 Å². The van der Waals surface area contributed by atoms with Gasteiger partial charge < -0.3 is 13.7 Å². The fraction of sp³-hybridized carbons (Fsp3) is 0.333. The summed E-state index contributed by atoms with van der Waals surface area (Å²) in [6, 6.07) is 5.69. The van der Waals surface area contributed by atoms with Crippen LogP contribution in [0.1, 0.15) is 34.4 Å². The molecule has 0 atom stereocenters. The number of nitrogens with zero attached hydrogens (tertiary/aromatic N) is 3. The largest absolute Gasteiger partial charge is 0.482 e. The van der Waals surface area contributed by atoms with E-state index in [1.807, 2.05) is 39.0 Å². The van der Waals surface area contributed by atoms with Gasteiger partial charge in [0.15, 0.2) is 12.4 Å². The molecule has 0 unspecified atom stereocenters. The van der Waals surface area contributed by atoms with Crippen molar-refractivity contribution in [1.29, 1.82) is 0 Å². The predicted molar refractivity (Wildman–Crippen MR) is 89.4 cm³/mol. The van der Waals surface area contributed by atoms with Gasteiger partial charge in [-0.3, -0.25) is 9.48 Å². The first-order valence-electron chi connectivity index (χ1n) is 7.96. The molecule has 0 spiro atoms. The summed E-state index contributed by atoms with van der Waals surface area (Å²) in [7, 11) is 0. The van der Waals surface area contributed by atoms with Crippen LogP contribution in [-0.2, 0) is 13.1 Å². The summed E-state index contributed by atoms with van der Waals surface area (Å²) in [4.78, 5) is 12.5. The number of Topliss-reactive ketones (excluding diaryl/α,β-unsaturated/α-hetero) is 1. The zero-order valence-electron chi connectivity index (χ0n) is 14.2. The monoisotopic (exact) mass is 327 g/mol. The molecule has 0 bridgehead atoms. The number of ether oxygens (including phenoxy) is 1. The second-order valence-corrected chi connectivity index (χ2v) is 5.69. The Balaban J connectivity index is 1.70. The Kier molecular flexibility index (Phi) is 4.55. The van der Waals surface area contributed by atoms with E-state index >= 15 is 0 Å². The molecule has 0 fully saturated rings. The second-order valence-electron chi connectivity index (χ2n) is 5.69. The molecule has 0 aromatic carbocycles. The van der Waals surface area contributed by atoms with E-state index < -0.39 is 0 Å². The van der Waals surface area contributed by atoms with Crippen LogP contribution < -0.4 is 4.74 Å². The number of hydrogen-bond donors (Lipinski definition) is 0. The van der Waals surface area contributed by atoms with Gasteiger partial charge in [0.25, 0.3) is 0 Å². The van der Waals surface area contributed by atoms with Gasteiger partial charge in [0.05, 0.1) is 25.2 Å². The molecule has 24 heavy (non-hydrogen) atoms. The minimum absolute atomic E-state index is 0.000449. The molecular weight excluding hydrogens is 306 g/mol. The van der Waals surface area contributed by atoms with Crippen LogP contribution in [0.15, 0.2) is 41.3 Å². The third-order valence-electron chi connectivity index (χ3n) is 4.07. The van der Waals surface area contributed by atoms with Crippen LogP contribution in [0.5, 0.6) is 5.75 Å². The number of furan rings is 1. The Morgan fingerprint density at radius 1 is 1.38 bits per heavy atom. The van der Waals surface area contributed by atoms with E-state index in [1.54, 1.807) is 23.3 Å². The lowest BCUT2D eigenvalue weighted by atomic mass is 10.1. The van der Waals surface area contributed by atoms with E-state index in [-0.39, 0.29) is 12.4 Å². The van der Waals surface area contributed by atoms with Crippen molar-refractivity contribution in [3.8, 4) is 5.75 Å². The molecule has 6 heteroatoms.